The van der Waals surface area contributed by atoms with Gasteiger partial charge in [0.1, 0.15) is 0 Å². The first-order chi connectivity index (χ1) is 17.2. The first-order valence-electron chi connectivity index (χ1n) is 12.9. The summed E-state index contributed by atoms with van der Waals surface area (Å²) in [6, 6.07) is 36.0. The summed E-state index contributed by atoms with van der Waals surface area (Å²) in [5.74, 6) is 0. The van der Waals surface area contributed by atoms with Crippen molar-refractivity contribution in [2.24, 2.45) is 0 Å². The maximum atomic E-state index is 2.53. The Balaban J connectivity index is 1.34. The van der Waals surface area contributed by atoms with Gasteiger partial charge in [0.2, 0.25) is 0 Å². The van der Waals surface area contributed by atoms with Gasteiger partial charge in [0.15, 0.2) is 0 Å². The third kappa shape index (κ3) is 3.24. The van der Waals surface area contributed by atoms with Gasteiger partial charge in [0, 0.05) is 0 Å². The number of benzene rings is 4. The van der Waals surface area contributed by atoms with E-state index >= 15 is 0 Å². The molecule has 0 amide bonds. The summed E-state index contributed by atoms with van der Waals surface area (Å²) in [5, 5.41) is 0. The molecule has 170 valence electrons. The van der Waals surface area contributed by atoms with E-state index in [1.165, 1.54) is 42.8 Å². The molecule has 1 heteroatoms. The molecule has 0 saturated carbocycles. The van der Waals surface area contributed by atoms with Crippen LogP contribution in [0.4, 0.5) is 0 Å². The Hall–Kier alpha value is -2.93. The molecule has 1 fully saturated rings. The Bertz CT molecular complexity index is 1390. The molecule has 0 bridgehead atoms. The summed E-state index contributed by atoms with van der Waals surface area (Å²) >= 11 is -2.26. The van der Waals surface area contributed by atoms with Crippen LogP contribution in [0.2, 0.25) is 9.45 Å². The van der Waals surface area contributed by atoms with Crippen molar-refractivity contribution in [3.8, 4) is 22.3 Å². The molecule has 1 saturated heterocycles. The van der Waals surface area contributed by atoms with Crippen LogP contribution in [-0.4, -0.2) is 0 Å². The zero-order valence-electron chi connectivity index (χ0n) is 20.5. The summed E-state index contributed by atoms with van der Waals surface area (Å²) in [5.41, 5.74) is 14.9. The van der Waals surface area contributed by atoms with E-state index in [9.17, 15) is 0 Å². The second-order valence-electron chi connectivity index (χ2n) is 10.7. The van der Waals surface area contributed by atoms with Crippen molar-refractivity contribution in [3.63, 3.8) is 0 Å². The topological polar surface area (TPSA) is 0 Å². The average Bonchev–Trinajstić information content (AvgIpc) is 3.47. The molecule has 1 aliphatic heterocycles. The number of hydrogen-bond donors (Lipinski definition) is 0. The zero-order chi connectivity index (χ0) is 23.6. The molecule has 2 unspecified atom stereocenters. The van der Waals surface area contributed by atoms with Crippen LogP contribution in [0.1, 0.15) is 44.5 Å². The van der Waals surface area contributed by atoms with E-state index < -0.39 is 16.6 Å². The summed E-state index contributed by atoms with van der Waals surface area (Å²) in [6.07, 6.45) is 5.06. The minimum atomic E-state index is -2.26. The fourth-order valence-corrected chi connectivity index (χ4v) is 17.7. The maximum absolute atomic E-state index is 2.53. The second-order valence-corrected chi connectivity index (χ2v) is 17.9. The number of hydrogen-bond acceptors (Lipinski definition) is 0. The quantitative estimate of drug-likeness (QED) is 0.252. The van der Waals surface area contributed by atoms with E-state index in [-0.39, 0.29) is 0 Å². The van der Waals surface area contributed by atoms with Crippen LogP contribution >= 0.6 is 0 Å². The second kappa shape index (κ2) is 8.05. The van der Waals surface area contributed by atoms with Crippen LogP contribution in [0.15, 0.2) is 108 Å². The fourth-order valence-electron chi connectivity index (χ4n) is 7.26. The van der Waals surface area contributed by atoms with Gasteiger partial charge < -0.3 is 0 Å². The Labute approximate surface area is 212 Å². The van der Waals surface area contributed by atoms with E-state index in [2.05, 4.69) is 123 Å². The van der Waals surface area contributed by atoms with Gasteiger partial charge >= 0.3 is 213 Å². The zero-order valence-corrected chi connectivity index (χ0v) is 22.0. The van der Waals surface area contributed by atoms with Crippen LogP contribution in [-0.2, 0) is 16.6 Å². The number of allylic oxidation sites excluding steroid dienone is 2. The predicted molar refractivity (Wildman–Crippen MR) is 146 cm³/mol. The van der Waals surface area contributed by atoms with Gasteiger partial charge in [-0.3, -0.25) is 0 Å². The van der Waals surface area contributed by atoms with Crippen molar-refractivity contribution in [3.05, 3.63) is 130 Å². The van der Waals surface area contributed by atoms with E-state index in [4.69, 9.17) is 0 Å². The average molecular weight is 486 g/mol. The summed E-state index contributed by atoms with van der Waals surface area (Å²) < 4.78 is 4.31. The molecule has 2 atom stereocenters. The number of rotatable bonds is 4. The monoisotopic (exact) mass is 486 g/mol. The van der Waals surface area contributed by atoms with Crippen LogP contribution in [0.3, 0.4) is 0 Å². The van der Waals surface area contributed by atoms with E-state index in [0.717, 1.165) is 0 Å². The Kier molecular flexibility index (Phi) is 4.92. The molecule has 35 heavy (non-hydrogen) atoms. The SMILES string of the molecule is CC1=Cc2c(-c3ccccc3)cccc2[CH]1[Ti]1([CH]2C(C)=Cc3c(-c4ccccc4)cccc32)[CH2][CH2]1. The van der Waals surface area contributed by atoms with Gasteiger partial charge in [0.05, 0.1) is 0 Å². The van der Waals surface area contributed by atoms with Crippen LogP contribution in [0.5, 0.6) is 0 Å². The molecule has 0 aromatic heterocycles. The van der Waals surface area contributed by atoms with Crippen molar-refractivity contribution in [2.75, 3.05) is 0 Å². The molecular weight excluding hydrogens is 456 g/mol. The van der Waals surface area contributed by atoms with Crippen LogP contribution < -0.4 is 0 Å². The van der Waals surface area contributed by atoms with Crippen LogP contribution in [0.25, 0.3) is 34.4 Å². The third-order valence-electron chi connectivity index (χ3n) is 8.70. The first kappa shape index (κ1) is 21.4. The van der Waals surface area contributed by atoms with Gasteiger partial charge in [-0.1, -0.05) is 0 Å². The van der Waals surface area contributed by atoms with Gasteiger partial charge in [0.25, 0.3) is 0 Å². The standard InChI is InChI=1S/2C16H13.C2H4.Ti/c2*1-12-10-14-8-5-9-15(16(14)11-12)13-6-3-2-4-7-13;1-2;/h2*2-11H,1H3;1-2H2;. The first-order valence-corrected chi connectivity index (χ1v) is 16.9. The molecule has 7 rings (SSSR count). The Morgan fingerprint density at radius 3 is 1.34 bits per heavy atom. The van der Waals surface area contributed by atoms with Crippen molar-refractivity contribution in [1.82, 2.24) is 0 Å². The Morgan fingerprint density at radius 2 is 0.943 bits per heavy atom. The van der Waals surface area contributed by atoms with E-state index in [0.29, 0.717) is 8.45 Å². The van der Waals surface area contributed by atoms with Gasteiger partial charge in [-0.25, -0.2) is 0 Å². The molecule has 0 radical (unpaired) electrons. The van der Waals surface area contributed by atoms with Crippen molar-refractivity contribution in [2.45, 2.75) is 31.7 Å². The molecule has 1 heterocycles. The molecule has 4 aromatic carbocycles. The summed E-state index contributed by atoms with van der Waals surface area (Å²) in [7, 11) is 0. The van der Waals surface area contributed by atoms with Gasteiger partial charge in [-0.15, -0.1) is 0 Å². The molecule has 3 aliphatic rings. The third-order valence-corrected chi connectivity index (χ3v) is 17.3. The molecule has 4 aromatic rings. The van der Waals surface area contributed by atoms with E-state index in [1.54, 1.807) is 22.3 Å². The van der Waals surface area contributed by atoms with Crippen molar-refractivity contribution in [1.29, 1.82) is 0 Å². The van der Waals surface area contributed by atoms with Gasteiger partial charge in [-0.2, -0.15) is 0 Å². The molecule has 0 nitrogen and oxygen atoms in total. The Morgan fingerprint density at radius 1 is 0.514 bits per heavy atom. The van der Waals surface area contributed by atoms with Crippen molar-refractivity contribution >= 4 is 12.2 Å². The molecule has 0 spiro atoms. The molecular formula is C34H30Ti. The predicted octanol–water partition coefficient (Wildman–Crippen LogP) is 9.64. The summed E-state index contributed by atoms with van der Waals surface area (Å²) in [4.78, 5) is 0. The van der Waals surface area contributed by atoms with Crippen LogP contribution in [0, 0.1) is 0 Å². The fraction of sp³-hybridized carbons (Fsp3) is 0.176. The van der Waals surface area contributed by atoms with Gasteiger partial charge in [-0.05, 0) is 0 Å². The normalized spacial score (nSPS) is 21.2. The molecule has 2 aliphatic carbocycles. The molecule has 0 N–H and O–H groups in total. The minimum absolute atomic E-state index is 0.674. The van der Waals surface area contributed by atoms with Crippen molar-refractivity contribution < 1.29 is 16.6 Å². The summed E-state index contributed by atoms with van der Waals surface area (Å²) in [6.45, 7) is 4.83. The van der Waals surface area contributed by atoms with E-state index in [1.807, 2.05) is 0 Å². The number of fused-ring (bicyclic) bond motifs is 2.